The Morgan fingerprint density at radius 2 is 0.957 bits per heavy atom. The third-order valence-corrected chi connectivity index (χ3v) is 6.18. The molecule has 0 aliphatic carbocycles. The molecular formula is C13H32O8Si2. The molecule has 0 aliphatic rings. The van der Waals surface area contributed by atoms with Crippen LogP contribution in [0.1, 0.15) is 6.42 Å². The van der Waals surface area contributed by atoms with Crippen LogP contribution in [0.15, 0.2) is 0 Å². The molecule has 23 heavy (non-hydrogen) atoms. The van der Waals surface area contributed by atoms with E-state index in [4.69, 9.17) is 37.3 Å². The lowest BCUT2D eigenvalue weighted by atomic mass is 10.6. The minimum absolute atomic E-state index is 0.242. The Kier molecular flexibility index (Phi) is 13.5. The molecule has 0 N–H and O–H groups in total. The van der Waals surface area contributed by atoms with E-state index in [-0.39, 0.29) is 13.2 Å². The predicted molar refractivity (Wildman–Crippen MR) is 90.7 cm³/mol. The van der Waals surface area contributed by atoms with Crippen LogP contribution in [0.25, 0.3) is 0 Å². The van der Waals surface area contributed by atoms with E-state index in [1.165, 1.54) is 0 Å². The Bertz CT molecular complexity index is 249. The lowest BCUT2D eigenvalue weighted by Crippen LogP contribution is -2.43. The summed E-state index contributed by atoms with van der Waals surface area (Å²) in [4.78, 5) is 0. The zero-order chi connectivity index (χ0) is 17.6. The largest absolute Gasteiger partial charge is 0.376 e. The lowest BCUT2D eigenvalue weighted by Gasteiger charge is -2.30. The first-order valence-corrected chi connectivity index (χ1v) is 10.7. The summed E-state index contributed by atoms with van der Waals surface area (Å²) >= 11 is 0. The fourth-order valence-corrected chi connectivity index (χ4v) is 5.28. The van der Waals surface area contributed by atoms with Crippen LogP contribution in [0.3, 0.4) is 0 Å². The van der Waals surface area contributed by atoms with Crippen molar-refractivity contribution < 1.29 is 37.3 Å². The van der Waals surface area contributed by atoms with E-state index in [1.807, 2.05) is 0 Å². The molecule has 0 amide bonds. The average molecular weight is 373 g/mol. The van der Waals surface area contributed by atoms with Gasteiger partial charge in [-0.15, -0.1) is 0 Å². The molecule has 0 aromatic heterocycles. The first kappa shape index (κ1) is 23.1. The second-order valence-electron chi connectivity index (χ2n) is 4.81. The van der Waals surface area contributed by atoms with Crippen LogP contribution >= 0.6 is 0 Å². The van der Waals surface area contributed by atoms with Gasteiger partial charge in [0.05, 0.1) is 0 Å². The summed E-state index contributed by atoms with van der Waals surface area (Å²) in [7, 11) is 7.80. The third-order valence-electron chi connectivity index (χ3n) is 3.32. The van der Waals surface area contributed by atoms with Gasteiger partial charge in [0.1, 0.15) is 13.2 Å². The molecule has 0 atom stereocenters. The summed E-state index contributed by atoms with van der Waals surface area (Å²) in [6.07, 6.45) is 1.03. The summed E-state index contributed by atoms with van der Waals surface area (Å²) in [6, 6.07) is 2.01. The molecule has 0 saturated heterocycles. The van der Waals surface area contributed by atoms with Crippen LogP contribution in [0, 0.1) is 0 Å². The Balaban J connectivity index is 3.92. The van der Waals surface area contributed by atoms with Gasteiger partial charge in [-0.3, -0.25) is 0 Å². The molecular weight excluding hydrogens is 340 g/mol. The highest BCUT2D eigenvalue weighted by atomic mass is 28.2. The van der Waals surface area contributed by atoms with Crippen LogP contribution < -0.4 is 0 Å². The van der Waals surface area contributed by atoms with Crippen molar-refractivity contribution in [2.75, 3.05) is 55.9 Å². The fourth-order valence-electron chi connectivity index (χ4n) is 1.91. The summed E-state index contributed by atoms with van der Waals surface area (Å²) in [6.45, 7) is 0.484. The summed E-state index contributed by atoms with van der Waals surface area (Å²) in [5.41, 5.74) is 0. The van der Waals surface area contributed by atoms with Gasteiger partial charge in [-0.05, 0) is 12.1 Å². The van der Waals surface area contributed by atoms with Crippen LogP contribution in [0.5, 0.6) is 0 Å². The average Bonchev–Trinajstić information content (AvgIpc) is 2.59. The molecule has 140 valence electrons. The Morgan fingerprint density at radius 3 is 1.22 bits per heavy atom. The zero-order valence-electron chi connectivity index (χ0n) is 15.2. The molecule has 10 heteroatoms. The Hall–Kier alpha value is 0.114. The van der Waals surface area contributed by atoms with E-state index >= 15 is 0 Å². The first-order valence-electron chi connectivity index (χ1n) is 7.54. The molecule has 0 aliphatic heterocycles. The molecule has 0 bridgehead atoms. The minimum atomic E-state index is -1.07. The molecule has 0 aromatic carbocycles. The van der Waals surface area contributed by atoms with Crippen molar-refractivity contribution in [3.05, 3.63) is 0 Å². The smallest absolute Gasteiger partial charge is 0.297 e. The van der Waals surface area contributed by atoms with Crippen LogP contribution in [0.4, 0.5) is 0 Å². The van der Waals surface area contributed by atoms with Crippen LogP contribution in [-0.4, -0.2) is 87.3 Å². The Labute approximate surface area is 143 Å². The minimum Gasteiger partial charge on any atom is -0.376 e. The van der Waals surface area contributed by atoms with E-state index in [0.717, 1.165) is 18.5 Å². The van der Waals surface area contributed by atoms with E-state index in [0.29, 0.717) is 0 Å². The van der Waals surface area contributed by atoms with Crippen LogP contribution in [0.2, 0.25) is 12.1 Å². The summed E-state index contributed by atoms with van der Waals surface area (Å²) in [5, 5.41) is 0. The van der Waals surface area contributed by atoms with Crippen molar-refractivity contribution in [2.24, 2.45) is 0 Å². The maximum atomic E-state index is 5.77. The molecule has 0 heterocycles. The standard InChI is InChI=1S/C13H32O8Si2/c1-14-10-12(16-3,17-4)20-22-8-7-9-23-21-13(18-5,19-6)11-15-2/h7-11,22-23H2,1-6H3. The van der Waals surface area contributed by atoms with Gasteiger partial charge < -0.3 is 37.3 Å². The van der Waals surface area contributed by atoms with Gasteiger partial charge >= 0.3 is 0 Å². The highest BCUT2D eigenvalue weighted by Crippen LogP contribution is 2.16. The SMILES string of the molecule is COCC(OC)(OC)O[SiH2]CCC[SiH2]OC(COC)(OC)OC. The number of rotatable bonds is 16. The topological polar surface area (TPSA) is 73.8 Å². The summed E-state index contributed by atoms with van der Waals surface area (Å²) in [5.74, 6) is -2.15. The quantitative estimate of drug-likeness (QED) is 0.206. The molecule has 0 saturated carbocycles. The van der Waals surface area contributed by atoms with Gasteiger partial charge in [0.2, 0.25) is 0 Å². The second kappa shape index (κ2) is 13.4. The van der Waals surface area contributed by atoms with Crippen molar-refractivity contribution in [2.45, 2.75) is 30.5 Å². The van der Waals surface area contributed by atoms with E-state index in [9.17, 15) is 0 Å². The molecule has 0 rings (SSSR count). The lowest BCUT2D eigenvalue weighted by molar-refractivity contribution is -0.339. The van der Waals surface area contributed by atoms with E-state index in [1.54, 1.807) is 42.7 Å². The monoisotopic (exact) mass is 372 g/mol. The number of hydrogen-bond acceptors (Lipinski definition) is 8. The van der Waals surface area contributed by atoms with Gasteiger partial charge in [0.15, 0.2) is 19.5 Å². The van der Waals surface area contributed by atoms with Crippen molar-refractivity contribution in [1.82, 2.24) is 0 Å². The van der Waals surface area contributed by atoms with Gasteiger partial charge in [-0.25, -0.2) is 0 Å². The first-order chi connectivity index (χ1) is 11.1. The normalized spacial score (nSPS) is 13.8. The zero-order valence-corrected chi connectivity index (χ0v) is 18.0. The van der Waals surface area contributed by atoms with Crippen molar-refractivity contribution in [3.8, 4) is 0 Å². The van der Waals surface area contributed by atoms with Gasteiger partial charge in [-0.2, -0.15) is 0 Å². The van der Waals surface area contributed by atoms with Crippen LogP contribution in [-0.2, 0) is 37.3 Å². The molecule has 0 radical (unpaired) electrons. The molecule has 0 fully saturated rings. The van der Waals surface area contributed by atoms with Crippen molar-refractivity contribution >= 4 is 19.5 Å². The summed E-state index contributed by atoms with van der Waals surface area (Å²) < 4.78 is 42.7. The third kappa shape index (κ3) is 8.67. The maximum Gasteiger partial charge on any atom is 0.297 e. The number of hydrogen-bond donors (Lipinski definition) is 0. The fraction of sp³-hybridized carbons (Fsp3) is 1.00. The van der Waals surface area contributed by atoms with Gasteiger partial charge in [-0.1, -0.05) is 6.42 Å². The van der Waals surface area contributed by atoms with Gasteiger partial charge in [0.25, 0.3) is 11.9 Å². The van der Waals surface area contributed by atoms with E-state index < -0.39 is 31.5 Å². The Morgan fingerprint density at radius 1 is 0.609 bits per heavy atom. The highest BCUT2D eigenvalue weighted by Gasteiger charge is 2.31. The predicted octanol–water partition coefficient (Wildman–Crippen LogP) is -0.400. The van der Waals surface area contributed by atoms with Crippen molar-refractivity contribution in [3.63, 3.8) is 0 Å². The molecule has 0 spiro atoms. The number of methoxy groups -OCH3 is 6. The number of ether oxygens (including phenoxy) is 6. The maximum absolute atomic E-state index is 5.77. The van der Waals surface area contributed by atoms with Crippen molar-refractivity contribution in [1.29, 1.82) is 0 Å². The molecule has 0 unspecified atom stereocenters. The van der Waals surface area contributed by atoms with Gasteiger partial charge in [0, 0.05) is 42.7 Å². The second-order valence-corrected chi connectivity index (χ2v) is 7.61. The molecule has 8 nitrogen and oxygen atoms in total. The van der Waals surface area contributed by atoms with E-state index in [2.05, 4.69) is 0 Å². The highest BCUT2D eigenvalue weighted by molar-refractivity contribution is 6.29. The molecule has 0 aromatic rings.